The summed E-state index contributed by atoms with van der Waals surface area (Å²) < 4.78 is 27.3. The largest absolute Gasteiger partial charge is 0.452 e. The first-order chi connectivity index (χ1) is 13.1. The van der Waals surface area contributed by atoms with Gasteiger partial charge in [0.25, 0.3) is 11.6 Å². The molecular formula is C16H16N4O7S. The number of sulfonamides is 1. The lowest BCUT2D eigenvalue weighted by Crippen LogP contribution is -2.21. The van der Waals surface area contributed by atoms with E-state index in [1.54, 1.807) is 0 Å². The first-order valence-electron chi connectivity index (χ1n) is 7.68. The van der Waals surface area contributed by atoms with E-state index in [2.05, 4.69) is 10.6 Å². The minimum Gasteiger partial charge on any atom is -0.452 e. The van der Waals surface area contributed by atoms with Crippen molar-refractivity contribution in [2.24, 2.45) is 5.14 Å². The average molecular weight is 408 g/mol. The Morgan fingerprint density at radius 2 is 1.82 bits per heavy atom. The van der Waals surface area contributed by atoms with Crippen LogP contribution in [0.4, 0.5) is 17.1 Å². The van der Waals surface area contributed by atoms with Crippen LogP contribution in [-0.2, 0) is 19.6 Å². The van der Waals surface area contributed by atoms with Crippen LogP contribution in [0.5, 0.6) is 0 Å². The molecule has 28 heavy (non-hydrogen) atoms. The molecule has 0 aromatic heterocycles. The highest BCUT2D eigenvalue weighted by molar-refractivity contribution is 7.89. The molecule has 0 atom stereocenters. The quantitative estimate of drug-likeness (QED) is 0.347. The number of anilines is 2. The Bertz CT molecular complexity index is 1020. The fourth-order valence-electron chi connectivity index (χ4n) is 2.17. The van der Waals surface area contributed by atoms with Crippen molar-refractivity contribution in [1.82, 2.24) is 0 Å². The van der Waals surface area contributed by atoms with E-state index in [-0.39, 0.29) is 21.8 Å². The maximum Gasteiger partial charge on any atom is 0.341 e. The Kier molecular flexibility index (Phi) is 6.28. The number of hydrogen-bond acceptors (Lipinski definition) is 8. The lowest BCUT2D eigenvalue weighted by molar-refractivity contribution is -0.384. The lowest BCUT2D eigenvalue weighted by Gasteiger charge is -2.10. The fraction of sp³-hybridized carbons (Fsp3) is 0.125. The molecule has 12 heteroatoms. The maximum atomic E-state index is 12.2. The van der Waals surface area contributed by atoms with E-state index in [0.29, 0.717) is 5.69 Å². The van der Waals surface area contributed by atoms with E-state index in [1.807, 2.05) is 0 Å². The lowest BCUT2D eigenvalue weighted by atomic mass is 10.1. The van der Waals surface area contributed by atoms with Crippen molar-refractivity contribution in [2.45, 2.75) is 4.90 Å². The number of esters is 1. The third-order valence-corrected chi connectivity index (χ3v) is 4.43. The van der Waals surface area contributed by atoms with Crippen molar-refractivity contribution < 1.29 is 27.7 Å². The number of carbonyl (C=O) groups excluding carboxylic acids is 2. The average Bonchev–Trinajstić information content (AvgIpc) is 2.65. The smallest absolute Gasteiger partial charge is 0.341 e. The standard InChI is InChI=1S/C16H16N4O7S/c1-18-14-7-4-11(20(23)24)8-13(14)16(22)27-9-15(21)19-10-2-5-12(6-3-10)28(17,25)26/h2-8,18H,9H2,1H3,(H,19,21)(H2,17,25,26). The zero-order valence-electron chi connectivity index (χ0n) is 14.5. The summed E-state index contributed by atoms with van der Waals surface area (Å²) in [6.07, 6.45) is 0. The van der Waals surface area contributed by atoms with Gasteiger partial charge < -0.3 is 15.4 Å². The Morgan fingerprint density at radius 1 is 1.18 bits per heavy atom. The molecule has 0 saturated heterocycles. The molecule has 4 N–H and O–H groups in total. The molecule has 148 valence electrons. The number of hydrogen-bond donors (Lipinski definition) is 3. The van der Waals surface area contributed by atoms with Crippen molar-refractivity contribution in [3.63, 3.8) is 0 Å². The monoisotopic (exact) mass is 408 g/mol. The van der Waals surface area contributed by atoms with Gasteiger partial charge in [0.1, 0.15) is 0 Å². The van der Waals surface area contributed by atoms with Gasteiger partial charge in [-0.1, -0.05) is 0 Å². The Labute approximate surface area is 159 Å². The molecule has 11 nitrogen and oxygen atoms in total. The molecule has 0 heterocycles. The van der Waals surface area contributed by atoms with Gasteiger partial charge in [-0.05, 0) is 30.3 Å². The van der Waals surface area contributed by atoms with Crippen molar-refractivity contribution >= 4 is 39.0 Å². The molecule has 0 fully saturated rings. The second-order valence-corrected chi connectivity index (χ2v) is 6.99. The highest BCUT2D eigenvalue weighted by Gasteiger charge is 2.18. The number of nitro benzene ring substituents is 1. The van der Waals surface area contributed by atoms with Gasteiger partial charge in [-0.25, -0.2) is 18.4 Å². The molecule has 0 bridgehead atoms. The van der Waals surface area contributed by atoms with Crippen molar-refractivity contribution in [1.29, 1.82) is 0 Å². The van der Waals surface area contributed by atoms with Gasteiger partial charge in [-0.15, -0.1) is 0 Å². The molecule has 0 unspecified atom stereocenters. The Hall–Kier alpha value is -3.51. The number of benzene rings is 2. The Balaban J connectivity index is 2.02. The highest BCUT2D eigenvalue weighted by Crippen LogP contribution is 2.22. The number of nitrogens with two attached hydrogens (primary N) is 1. The summed E-state index contributed by atoms with van der Waals surface area (Å²) in [5, 5.41) is 20.9. The van der Waals surface area contributed by atoms with Crippen molar-refractivity contribution in [3.05, 3.63) is 58.1 Å². The number of non-ortho nitro benzene ring substituents is 1. The van der Waals surface area contributed by atoms with Crippen LogP contribution in [-0.4, -0.2) is 38.9 Å². The second-order valence-electron chi connectivity index (χ2n) is 5.43. The van der Waals surface area contributed by atoms with Gasteiger partial charge in [0.2, 0.25) is 10.0 Å². The molecule has 2 aromatic rings. The number of nitrogens with one attached hydrogen (secondary N) is 2. The van der Waals surface area contributed by atoms with Gasteiger partial charge >= 0.3 is 5.97 Å². The molecule has 0 radical (unpaired) electrons. The first-order valence-corrected chi connectivity index (χ1v) is 9.22. The predicted octanol–water partition coefficient (Wildman–Crippen LogP) is 1.08. The van der Waals surface area contributed by atoms with E-state index in [4.69, 9.17) is 9.88 Å². The Morgan fingerprint density at radius 3 is 2.36 bits per heavy atom. The van der Waals surface area contributed by atoms with E-state index >= 15 is 0 Å². The fourth-order valence-corrected chi connectivity index (χ4v) is 2.68. The van der Waals surface area contributed by atoms with Gasteiger partial charge in [-0.3, -0.25) is 14.9 Å². The zero-order chi connectivity index (χ0) is 20.9. The summed E-state index contributed by atoms with van der Waals surface area (Å²) in [6, 6.07) is 8.66. The third kappa shape index (κ3) is 5.25. The van der Waals surface area contributed by atoms with Crippen LogP contribution in [0.1, 0.15) is 10.4 Å². The highest BCUT2D eigenvalue weighted by atomic mass is 32.2. The van der Waals surface area contributed by atoms with Crippen molar-refractivity contribution in [3.8, 4) is 0 Å². The molecular weight excluding hydrogens is 392 g/mol. The van der Waals surface area contributed by atoms with Gasteiger partial charge in [0, 0.05) is 30.6 Å². The minimum atomic E-state index is -3.85. The summed E-state index contributed by atoms with van der Waals surface area (Å²) in [7, 11) is -2.33. The predicted molar refractivity (Wildman–Crippen MR) is 99.4 cm³/mol. The number of primary sulfonamides is 1. The molecule has 0 aliphatic heterocycles. The molecule has 2 rings (SSSR count). The van der Waals surface area contributed by atoms with E-state index < -0.39 is 33.4 Å². The number of amides is 1. The van der Waals surface area contributed by atoms with Crippen LogP contribution in [0.3, 0.4) is 0 Å². The van der Waals surface area contributed by atoms with Gasteiger partial charge in [0.15, 0.2) is 6.61 Å². The number of nitro groups is 1. The number of carbonyl (C=O) groups is 2. The van der Waals surface area contributed by atoms with Gasteiger partial charge in [0.05, 0.1) is 15.4 Å². The summed E-state index contributed by atoms with van der Waals surface area (Å²) in [6.45, 7) is -0.651. The van der Waals surface area contributed by atoms with Crippen LogP contribution in [0.2, 0.25) is 0 Å². The van der Waals surface area contributed by atoms with Crippen LogP contribution >= 0.6 is 0 Å². The van der Waals surface area contributed by atoms with Crippen LogP contribution in [0.25, 0.3) is 0 Å². The van der Waals surface area contributed by atoms with E-state index in [0.717, 1.165) is 6.07 Å². The van der Waals surface area contributed by atoms with Crippen LogP contribution in [0.15, 0.2) is 47.4 Å². The van der Waals surface area contributed by atoms with Crippen LogP contribution in [0, 0.1) is 10.1 Å². The third-order valence-electron chi connectivity index (χ3n) is 3.50. The maximum absolute atomic E-state index is 12.2. The minimum absolute atomic E-state index is 0.0954. The number of rotatable bonds is 7. The summed E-state index contributed by atoms with van der Waals surface area (Å²) >= 11 is 0. The molecule has 0 aliphatic rings. The molecule has 0 aliphatic carbocycles. The summed E-state index contributed by atoms with van der Waals surface area (Å²) in [4.78, 5) is 34.1. The van der Waals surface area contributed by atoms with Crippen LogP contribution < -0.4 is 15.8 Å². The molecule has 0 saturated carbocycles. The van der Waals surface area contributed by atoms with Crippen molar-refractivity contribution in [2.75, 3.05) is 24.3 Å². The molecule has 0 spiro atoms. The zero-order valence-corrected chi connectivity index (χ0v) is 15.4. The van der Waals surface area contributed by atoms with E-state index in [1.165, 1.54) is 43.4 Å². The van der Waals surface area contributed by atoms with E-state index in [9.17, 15) is 28.1 Å². The second kappa shape index (κ2) is 8.45. The SMILES string of the molecule is CNc1ccc([N+](=O)[O-])cc1C(=O)OCC(=O)Nc1ccc(S(N)(=O)=O)cc1. The number of nitrogens with zero attached hydrogens (tertiary/aromatic N) is 1. The molecule has 2 aromatic carbocycles. The molecule has 1 amide bonds. The first kappa shape index (κ1) is 20.8. The van der Waals surface area contributed by atoms with Gasteiger partial charge in [-0.2, -0.15) is 0 Å². The summed E-state index contributed by atoms with van der Waals surface area (Å²) in [5.41, 5.74) is 0.168. The topological polar surface area (TPSA) is 171 Å². The summed E-state index contributed by atoms with van der Waals surface area (Å²) in [5.74, 6) is -1.61. The number of ether oxygens (including phenoxy) is 1. The normalized spacial score (nSPS) is 10.8.